The van der Waals surface area contributed by atoms with Gasteiger partial charge in [-0.3, -0.25) is 14.3 Å². The molecule has 5 rings (SSSR count). The molecule has 1 saturated heterocycles. The fourth-order valence-electron chi connectivity index (χ4n) is 6.72. The molecule has 0 saturated carbocycles. The maximum atomic E-state index is 14.7. The van der Waals surface area contributed by atoms with E-state index in [1.165, 1.54) is 6.92 Å². The predicted molar refractivity (Wildman–Crippen MR) is 166 cm³/mol. The first-order valence-corrected chi connectivity index (χ1v) is 17.9. The van der Waals surface area contributed by atoms with Gasteiger partial charge in [-0.25, -0.2) is 0 Å². The number of anilines is 2. The van der Waals surface area contributed by atoms with E-state index in [1.54, 1.807) is 41.1 Å². The number of aromatic nitrogens is 3. The van der Waals surface area contributed by atoms with Crippen molar-refractivity contribution in [2.24, 2.45) is 5.92 Å². The molecule has 2 aromatic carbocycles. The zero-order chi connectivity index (χ0) is 31.8. The molecule has 1 spiro atoms. The molecule has 2 amide bonds. The number of benzene rings is 2. The van der Waals surface area contributed by atoms with Gasteiger partial charge in [0.1, 0.15) is 11.9 Å². The summed E-state index contributed by atoms with van der Waals surface area (Å²) in [7, 11) is -1.28. The molecule has 0 radical (unpaired) electrons. The van der Waals surface area contributed by atoms with Gasteiger partial charge in [0.15, 0.2) is 13.9 Å². The van der Waals surface area contributed by atoms with E-state index in [0.29, 0.717) is 47.8 Å². The number of aryl methyl sites for hydroxylation is 1. The Morgan fingerprint density at radius 1 is 1.25 bits per heavy atom. The van der Waals surface area contributed by atoms with Gasteiger partial charge in [-0.2, -0.15) is 0 Å². The number of nitrogens with zero attached hydrogens (tertiary/aromatic N) is 4. The first-order chi connectivity index (χ1) is 20.9. The minimum absolute atomic E-state index is 0.0148. The molecule has 236 valence electrons. The van der Waals surface area contributed by atoms with E-state index in [0.717, 1.165) is 5.56 Å². The van der Waals surface area contributed by atoms with Crippen LogP contribution in [0.3, 0.4) is 0 Å². The zero-order valence-corrected chi connectivity index (χ0v) is 26.7. The third-order valence-corrected chi connectivity index (χ3v) is 11.2. The van der Waals surface area contributed by atoms with Gasteiger partial charge in [-0.15, -0.1) is 5.10 Å². The number of ether oxygens (including phenoxy) is 2. The van der Waals surface area contributed by atoms with Crippen LogP contribution in [0, 0.1) is 5.92 Å². The van der Waals surface area contributed by atoms with Crippen LogP contribution in [0.1, 0.15) is 37.1 Å². The topological polar surface area (TPSA) is 159 Å². The minimum atomic E-state index is -2.86. The van der Waals surface area contributed by atoms with Gasteiger partial charge in [0.05, 0.1) is 31.1 Å². The fourth-order valence-corrected chi connectivity index (χ4v) is 9.33. The lowest BCUT2D eigenvalue weighted by Gasteiger charge is -2.32. The van der Waals surface area contributed by atoms with Crippen LogP contribution in [0.5, 0.6) is 5.75 Å². The van der Waals surface area contributed by atoms with Crippen LogP contribution in [-0.2, 0) is 39.4 Å². The Kier molecular flexibility index (Phi) is 8.96. The van der Waals surface area contributed by atoms with E-state index in [9.17, 15) is 24.6 Å². The van der Waals surface area contributed by atoms with Gasteiger partial charge in [0.25, 0.3) is 11.8 Å². The van der Waals surface area contributed by atoms with Crippen LogP contribution in [0.15, 0.2) is 48.7 Å². The summed E-state index contributed by atoms with van der Waals surface area (Å²) in [5.74, 6) is -0.494. The average molecular weight is 624 g/mol. The molecule has 1 aromatic heterocycles. The zero-order valence-electron chi connectivity index (χ0n) is 25.7. The van der Waals surface area contributed by atoms with Gasteiger partial charge < -0.3 is 34.7 Å². The monoisotopic (exact) mass is 623 g/mol. The Morgan fingerprint density at radius 2 is 2.02 bits per heavy atom. The van der Waals surface area contributed by atoms with Crippen molar-refractivity contribution in [3.63, 3.8) is 0 Å². The third-order valence-electron chi connectivity index (χ3n) is 8.70. The number of hydrogen-bond donors (Lipinski definition) is 4. The molecule has 0 aliphatic carbocycles. The smallest absolute Gasteiger partial charge is 0.264 e. The van der Waals surface area contributed by atoms with E-state index in [-0.39, 0.29) is 30.5 Å². The minimum Gasteiger partial charge on any atom is -0.497 e. The van der Waals surface area contributed by atoms with Gasteiger partial charge in [0, 0.05) is 48.5 Å². The molecular formula is C31H41N5O7Si. The van der Waals surface area contributed by atoms with Gasteiger partial charge in [0.2, 0.25) is 0 Å². The summed E-state index contributed by atoms with van der Waals surface area (Å²) in [6, 6.07) is 12.7. The number of amides is 2. The highest BCUT2D eigenvalue weighted by Gasteiger charge is 2.66. The molecule has 4 N–H and O–H groups in total. The quantitative estimate of drug-likeness (QED) is 0.236. The van der Waals surface area contributed by atoms with Crippen LogP contribution in [0.4, 0.5) is 11.4 Å². The number of methoxy groups -OCH3 is 1. The molecule has 5 atom stereocenters. The molecule has 13 heteroatoms. The summed E-state index contributed by atoms with van der Waals surface area (Å²) in [5, 5.41) is 29.8. The molecule has 2 aliphatic heterocycles. The second-order valence-electron chi connectivity index (χ2n) is 12.2. The Balaban J connectivity index is 1.49. The van der Waals surface area contributed by atoms with Crippen molar-refractivity contribution in [2.75, 3.05) is 23.9 Å². The lowest BCUT2D eigenvalue weighted by Crippen LogP contribution is -2.46. The molecule has 3 aromatic rings. The summed E-state index contributed by atoms with van der Waals surface area (Å²) in [6.07, 6.45) is 1.13. The number of carbonyl (C=O) groups excluding carboxylic acids is 2. The maximum Gasteiger partial charge on any atom is 0.264 e. The first-order valence-electron chi connectivity index (χ1n) is 14.9. The van der Waals surface area contributed by atoms with Crippen molar-refractivity contribution in [3.05, 3.63) is 65.5 Å². The summed E-state index contributed by atoms with van der Waals surface area (Å²) in [6.45, 7) is 7.83. The molecule has 3 heterocycles. The second-order valence-corrected chi connectivity index (χ2v) is 16.2. The molecular weight excluding hydrogens is 582 g/mol. The van der Waals surface area contributed by atoms with Gasteiger partial charge in [-0.05, 0) is 62.3 Å². The molecule has 44 heavy (non-hydrogen) atoms. The Labute approximate surface area is 257 Å². The highest BCUT2D eigenvalue weighted by Crippen LogP contribution is 2.60. The van der Waals surface area contributed by atoms with Crippen LogP contribution in [0.2, 0.25) is 18.6 Å². The Bertz CT molecular complexity index is 1520. The maximum absolute atomic E-state index is 14.7. The van der Waals surface area contributed by atoms with Crippen molar-refractivity contribution < 1.29 is 34.1 Å². The largest absolute Gasteiger partial charge is 0.497 e. The lowest BCUT2D eigenvalue weighted by atomic mass is 9.82. The number of aliphatic hydroxyl groups is 2. The number of rotatable bonds is 11. The van der Waals surface area contributed by atoms with Crippen LogP contribution < -0.4 is 15.0 Å². The van der Waals surface area contributed by atoms with Crippen molar-refractivity contribution >= 4 is 31.5 Å². The van der Waals surface area contributed by atoms with Gasteiger partial charge >= 0.3 is 0 Å². The molecule has 12 nitrogen and oxygen atoms in total. The second kappa shape index (κ2) is 12.4. The molecule has 0 bridgehead atoms. The van der Waals surface area contributed by atoms with Crippen molar-refractivity contribution in [2.45, 2.75) is 76.2 Å². The molecule has 1 fully saturated rings. The summed E-state index contributed by atoms with van der Waals surface area (Å²) < 4.78 is 14.2. The molecule has 0 unspecified atom stereocenters. The number of hydrogen-bond acceptors (Lipinski definition) is 9. The van der Waals surface area contributed by atoms with E-state index in [4.69, 9.17) is 9.47 Å². The number of aliphatic hydroxyl groups excluding tert-OH is 2. The first kappa shape index (κ1) is 31.8. The Hall–Kier alpha value is -3.62. The summed E-state index contributed by atoms with van der Waals surface area (Å²) in [5.41, 5.74) is 1.78. The standard InChI is InChI=1S/C31H41N5O7Si/c1-19-28(44(4,5)41)27(11-13-35-18-23(12-14-37)33-34-35)43-31(19)25-16-24(42-3)9-10-26(25)36(30(31)40)17-21-7-6-8-22(15-21)32-29(39)20(2)38/h6-10,15-16,18-20,27-28,37-38,41H,11-14,17H2,1-5H3,(H,32,39)/t19-,20+,27+,28-,31+/m1/s1. The van der Waals surface area contributed by atoms with Crippen molar-refractivity contribution in [1.82, 2.24) is 15.0 Å². The normalized spacial score (nSPS) is 23.7. The van der Waals surface area contributed by atoms with Crippen molar-refractivity contribution in [1.29, 1.82) is 0 Å². The SMILES string of the molecule is COc1ccc2c(c1)[C@]1(O[C@@H](CCn3cc(CCO)nn3)[C@H]([Si](C)(C)O)[C@H]1C)C(=O)N2Cc1cccc(NC(=O)[C@H](C)O)c1. The van der Waals surface area contributed by atoms with Crippen LogP contribution >= 0.6 is 0 Å². The van der Waals surface area contributed by atoms with E-state index in [1.807, 2.05) is 44.3 Å². The highest BCUT2D eigenvalue weighted by atomic mass is 28.4. The van der Waals surface area contributed by atoms with Crippen molar-refractivity contribution in [3.8, 4) is 5.75 Å². The lowest BCUT2D eigenvalue weighted by molar-refractivity contribution is -0.146. The number of nitrogens with one attached hydrogen (secondary N) is 1. The van der Waals surface area contributed by atoms with Crippen LogP contribution in [0.25, 0.3) is 0 Å². The summed E-state index contributed by atoms with van der Waals surface area (Å²) >= 11 is 0. The van der Waals surface area contributed by atoms with E-state index in [2.05, 4.69) is 15.6 Å². The van der Waals surface area contributed by atoms with E-state index < -0.39 is 32.0 Å². The van der Waals surface area contributed by atoms with Crippen LogP contribution in [-0.4, -0.2) is 76.1 Å². The van der Waals surface area contributed by atoms with Gasteiger partial charge in [-0.1, -0.05) is 24.3 Å². The highest BCUT2D eigenvalue weighted by molar-refractivity contribution is 6.71. The fraction of sp³-hybridized carbons (Fsp3) is 0.484. The third kappa shape index (κ3) is 5.89. The predicted octanol–water partition coefficient (Wildman–Crippen LogP) is 2.58. The average Bonchev–Trinajstić information content (AvgIpc) is 3.62. The Morgan fingerprint density at radius 3 is 2.70 bits per heavy atom. The number of fused-ring (bicyclic) bond motifs is 2. The number of carbonyl (C=O) groups is 2. The summed E-state index contributed by atoms with van der Waals surface area (Å²) in [4.78, 5) is 40.0. The molecule has 2 aliphatic rings. The van der Waals surface area contributed by atoms with E-state index >= 15 is 0 Å².